The van der Waals surface area contributed by atoms with E-state index in [0.717, 1.165) is 62.0 Å². The van der Waals surface area contributed by atoms with Crippen LogP contribution in [0.4, 0.5) is 0 Å². The van der Waals surface area contributed by atoms with Crippen LogP contribution in [-0.4, -0.2) is 49.3 Å². The molecule has 0 saturated carbocycles. The fourth-order valence-corrected chi connectivity index (χ4v) is 3.29. The molecule has 1 fully saturated rings. The van der Waals surface area contributed by atoms with Gasteiger partial charge in [0.1, 0.15) is 12.4 Å². The Bertz CT molecular complexity index is 842. The normalized spacial score (nSPS) is 15.0. The Kier molecular flexibility index (Phi) is 5.82. The van der Waals surface area contributed by atoms with Crippen molar-refractivity contribution in [2.45, 2.75) is 6.42 Å². The first-order valence-corrected chi connectivity index (χ1v) is 9.39. The van der Waals surface area contributed by atoms with Crippen LogP contribution in [0.1, 0.15) is 11.3 Å². The molecule has 2 heterocycles. The third-order valence-electron chi connectivity index (χ3n) is 4.76. The van der Waals surface area contributed by atoms with E-state index < -0.39 is 0 Å². The van der Waals surface area contributed by atoms with E-state index in [9.17, 15) is 0 Å². The maximum absolute atomic E-state index is 6.10. The van der Waals surface area contributed by atoms with Gasteiger partial charge in [0.15, 0.2) is 12.2 Å². The fourth-order valence-electron chi connectivity index (χ4n) is 3.29. The molecule has 2 aromatic carbocycles. The molecule has 27 heavy (non-hydrogen) atoms. The lowest BCUT2D eigenvalue weighted by molar-refractivity contribution is 0.0323. The molecule has 1 saturated heterocycles. The highest BCUT2D eigenvalue weighted by Crippen LogP contribution is 2.33. The van der Waals surface area contributed by atoms with Gasteiger partial charge >= 0.3 is 0 Å². The molecular formula is C22H24N2O3. The lowest BCUT2D eigenvalue weighted by Crippen LogP contribution is -2.38. The van der Waals surface area contributed by atoms with E-state index in [1.54, 1.807) is 0 Å². The van der Waals surface area contributed by atoms with Crippen LogP contribution in [0.3, 0.4) is 0 Å². The summed E-state index contributed by atoms with van der Waals surface area (Å²) in [5.74, 6) is 1.61. The predicted octanol–water partition coefficient (Wildman–Crippen LogP) is 3.64. The average molecular weight is 364 g/mol. The first-order valence-electron chi connectivity index (χ1n) is 9.39. The highest BCUT2D eigenvalue weighted by atomic mass is 16.5. The van der Waals surface area contributed by atoms with E-state index in [1.807, 2.05) is 42.5 Å². The molecule has 5 heteroatoms. The predicted molar refractivity (Wildman–Crippen MR) is 104 cm³/mol. The van der Waals surface area contributed by atoms with Gasteiger partial charge in [-0.3, -0.25) is 4.90 Å². The molecule has 0 unspecified atom stereocenters. The number of morpholine rings is 1. The van der Waals surface area contributed by atoms with Crippen molar-refractivity contribution in [3.8, 4) is 17.1 Å². The van der Waals surface area contributed by atoms with Crippen molar-refractivity contribution in [2.75, 3.05) is 39.5 Å². The molecular weight excluding hydrogens is 340 g/mol. The number of hydrogen-bond donors (Lipinski definition) is 0. The zero-order valence-corrected chi connectivity index (χ0v) is 15.3. The van der Waals surface area contributed by atoms with Gasteiger partial charge in [0, 0.05) is 26.1 Å². The molecule has 1 aliphatic rings. The van der Waals surface area contributed by atoms with Crippen LogP contribution in [-0.2, 0) is 11.2 Å². The molecule has 1 aromatic heterocycles. The Morgan fingerprint density at radius 1 is 0.963 bits per heavy atom. The second-order valence-corrected chi connectivity index (χ2v) is 6.59. The zero-order chi connectivity index (χ0) is 18.3. The molecule has 140 valence electrons. The summed E-state index contributed by atoms with van der Waals surface area (Å²) in [4.78, 5) is 6.80. The minimum Gasteiger partial charge on any atom is -0.491 e. The Labute approximate surface area is 159 Å². The number of benzene rings is 2. The summed E-state index contributed by atoms with van der Waals surface area (Å²) in [6.07, 6.45) is 2.24. The Morgan fingerprint density at radius 3 is 2.59 bits per heavy atom. The van der Waals surface area contributed by atoms with E-state index in [0.29, 0.717) is 6.61 Å². The molecule has 0 aliphatic carbocycles. The molecule has 1 aliphatic heterocycles. The molecule has 0 bridgehead atoms. The first kappa shape index (κ1) is 17.8. The highest BCUT2D eigenvalue weighted by Gasteiger charge is 2.16. The van der Waals surface area contributed by atoms with Gasteiger partial charge in [-0.15, -0.1) is 0 Å². The van der Waals surface area contributed by atoms with E-state index in [4.69, 9.17) is 13.9 Å². The molecule has 0 amide bonds. The summed E-state index contributed by atoms with van der Waals surface area (Å²) < 4.78 is 17.2. The number of nitrogens with zero attached hydrogens (tertiary/aromatic N) is 2. The first-order chi connectivity index (χ1) is 13.4. The lowest BCUT2D eigenvalue weighted by atomic mass is 10.0. The molecule has 4 rings (SSSR count). The van der Waals surface area contributed by atoms with Crippen molar-refractivity contribution in [3.63, 3.8) is 0 Å². The Balaban J connectivity index is 1.47. The van der Waals surface area contributed by atoms with Crippen molar-refractivity contribution in [3.05, 3.63) is 72.2 Å². The van der Waals surface area contributed by atoms with Gasteiger partial charge in [0.2, 0.25) is 0 Å². The van der Waals surface area contributed by atoms with Gasteiger partial charge in [0.25, 0.3) is 0 Å². The number of aromatic nitrogens is 1. The SMILES string of the molecule is c1ccc(Cc2ncoc2-c2ccccc2OCCN2CCOCC2)cc1. The molecule has 5 nitrogen and oxygen atoms in total. The van der Waals surface area contributed by atoms with Gasteiger partial charge in [-0.05, 0) is 17.7 Å². The summed E-state index contributed by atoms with van der Waals surface area (Å²) in [6, 6.07) is 18.3. The molecule has 0 atom stereocenters. The molecule has 0 spiro atoms. The summed E-state index contributed by atoms with van der Waals surface area (Å²) in [7, 11) is 0. The van der Waals surface area contributed by atoms with Crippen molar-refractivity contribution in [2.24, 2.45) is 0 Å². The number of hydrogen-bond acceptors (Lipinski definition) is 5. The minimum atomic E-state index is 0.638. The third kappa shape index (κ3) is 4.56. The van der Waals surface area contributed by atoms with Crippen LogP contribution >= 0.6 is 0 Å². The van der Waals surface area contributed by atoms with Gasteiger partial charge < -0.3 is 13.9 Å². The van der Waals surface area contributed by atoms with Gasteiger partial charge in [-0.25, -0.2) is 4.98 Å². The van der Waals surface area contributed by atoms with Crippen molar-refractivity contribution in [1.82, 2.24) is 9.88 Å². The monoisotopic (exact) mass is 364 g/mol. The zero-order valence-electron chi connectivity index (χ0n) is 15.3. The lowest BCUT2D eigenvalue weighted by Gasteiger charge is -2.26. The number of para-hydroxylation sites is 1. The molecule has 0 N–H and O–H groups in total. The van der Waals surface area contributed by atoms with E-state index in [-0.39, 0.29) is 0 Å². The van der Waals surface area contributed by atoms with Crippen molar-refractivity contribution >= 4 is 0 Å². The minimum absolute atomic E-state index is 0.638. The maximum Gasteiger partial charge on any atom is 0.181 e. The van der Waals surface area contributed by atoms with Crippen LogP contribution in [0, 0.1) is 0 Å². The number of oxazole rings is 1. The highest BCUT2D eigenvalue weighted by molar-refractivity contribution is 5.67. The Morgan fingerprint density at radius 2 is 1.74 bits per heavy atom. The largest absolute Gasteiger partial charge is 0.491 e. The van der Waals surface area contributed by atoms with Crippen LogP contribution in [0.2, 0.25) is 0 Å². The number of rotatable bonds is 7. The van der Waals surface area contributed by atoms with Crippen LogP contribution in [0.15, 0.2) is 65.4 Å². The summed E-state index contributed by atoms with van der Waals surface area (Å²) in [5, 5.41) is 0. The molecule has 3 aromatic rings. The summed E-state index contributed by atoms with van der Waals surface area (Å²) >= 11 is 0. The third-order valence-corrected chi connectivity index (χ3v) is 4.76. The second kappa shape index (κ2) is 8.84. The van der Waals surface area contributed by atoms with Crippen LogP contribution in [0.25, 0.3) is 11.3 Å². The fraction of sp³-hybridized carbons (Fsp3) is 0.318. The van der Waals surface area contributed by atoms with E-state index >= 15 is 0 Å². The van der Waals surface area contributed by atoms with Gasteiger partial charge in [0.05, 0.1) is 24.5 Å². The molecule has 0 radical (unpaired) electrons. The van der Waals surface area contributed by atoms with Crippen molar-refractivity contribution < 1.29 is 13.9 Å². The smallest absolute Gasteiger partial charge is 0.181 e. The van der Waals surface area contributed by atoms with Crippen LogP contribution < -0.4 is 4.74 Å². The standard InChI is InChI=1S/C22H24N2O3/c1-2-6-18(7-3-1)16-20-22(27-17-23-20)19-8-4-5-9-21(19)26-15-12-24-10-13-25-14-11-24/h1-9,17H,10-16H2. The van der Waals surface area contributed by atoms with Crippen LogP contribution in [0.5, 0.6) is 5.75 Å². The van der Waals surface area contributed by atoms with E-state index in [1.165, 1.54) is 12.0 Å². The van der Waals surface area contributed by atoms with E-state index in [2.05, 4.69) is 22.0 Å². The van der Waals surface area contributed by atoms with Gasteiger partial charge in [-0.1, -0.05) is 42.5 Å². The van der Waals surface area contributed by atoms with Gasteiger partial charge in [-0.2, -0.15) is 0 Å². The summed E-state index contributed by atoms with van der Waals surface area (Å²) in [6.45, 7) is 5.07. The quantitative estimate of drug-likeness (QED) is 0.640. The number of ether oxygens (including phenoxy) is 2. The maximum atomic E-state index is 6.10. The van der Waals surface area contributed by atoms with Crippen molar-refractivity contribution in [1.29, 1.82) is 0 Å². The second-order valence-electron chi connectivity index (χ2n) is 6.59. The summed E-state index contributed by atoms with van der Waals surface area (Å²) in [5.41, 5.74) is 3.08. The topological polar surface area (TPSA) is 47.7 Å². The average Bonchev–Trinajstić information content (AvgIpc) is 3.18. The Hall–Kier alpha value is -2.63.